The fourth-order valence-electron chi connectivity index (χ4n) is 6.81. The Balaban J connectivity index is 0.000000331. The molecule has 12 nitrogen and oxygen atoms in total. The quantitative estimate of drug-likeness (QED) is 0.0745. The monoisotopic (exact) mass is 856 g/mol. The molecule has 2 amide bonds. The standard InChI is InChI=1S/C21H35ClN4O2.C14H20Cl2N2O.C7H16N2O/c1-3-5-6-16(4-2)15-23-21(28)18-7-8-19(22)25-20(18)24-17-9-11-26(12-10-17)13-14-27;1-3-5-6-10(4-2)9-17-14(19)11-7-8-12(15)18-13(11)16;8-7-1-3-9(4-2-7)5-6-10/h7-8,16-17,27H,3-6,9-15H2,1-2H3,(H,23,28)(H,24,25);7-8,10H,3-6,9H2,1-2H3,(H,17,19);7,10H,1-6,8H2. The number of carbonyl (C=O) groups is 2. The molecule has 2 fully saturated rings. The van der Waals surface area contributed by atoms with Crippen LogP contribution in [0.15, 0.2) is 24.3 Å². The smallest absolute Gasteiger partial charge is 0.255 e. The molecule has 0 bridgehead atoms. The van der Waals surface area contributed by atoms with Crippen molar-refractivity contribution in [3.8, 4) is 0 Å². The zero-order chi connectivity index (χ0) is 42.0. The van der Waals surface area contributed by atoms with Gasteiger partial charge in [0.05, 0.1) is 24.3 Å². The Hall–Kier alpha value is -2.29. The van der Waals surface area contributed by atoms with Crippen LogP contribution in [0, 0.1) is 11.8 Å². The number of piperidine rings is 2. The molecule has 4 rings (SSSR count). The van der Waals surface area contributed by atoms with Crippen LogP contribution in [-0.2, 0) is 0 Å². The molecule has 2 aromatic heterocycles. The number of amides is 2. The SMILES string of the molecule is CCCCC(CC)CNC(=O)c1ccc(Cl)nc1Cl.CCCCC(CC)CNC(=O)c1ccc(Cl)nc1NC1CCN(CCO)CC1.NC1CCN(CCO)CC1. The minimum absolute atomic E-state index is 0.0978. The van der Waals surface area contributed by atoms with E-state index in [0.29, 0.717) is 59.6 Å². The normalized spacial score (nSPS) is 16.4. The average molecular weight is 858 g/mol. The highest BCUT2D eigenvalue weighted by Gasteiger charge is 2.22. The van der Waals surface area contributed by atoms with E-state index in [1.165, 1.54) is 25.7 Å². The number of nitrogens with one attached hydrogen (secondary N) is 3. The number of β-amino-alcohol motifs (C(OH)–C–C–N with tert-alkyl or cyclic N) is 2. The molecule has 0 spiro atoms. The molecule has 2 aliphatic rings. The van der Waals surface area contributed by atoms with Crippen LogP contribution < -0.4 is 21.7 Å². The van der Waals surface area contributed by atoms with Gasteiger partial charge in [-0.05, 0) is 87.7 Å². The van der Waals surface area contributed by atoms with Gasteiger partial charge in [-0.2, -0.15) is 0 Å². The largest absolute Gasteiger partial charge is 0.395 e. The van der Waals surface area contributed by atoms with Crippen LogP contribution in [-0.4, -0.2) is 119 Å². The first-order valence-corrected chi connectivity index (χ1v) is 22.3. The van der Waals surface area contributed by atoms with E-state index in [9.17, 15) is 9.59 Å². The number of halogens is 3. The lowest BCUT2D eigenvalue weighted by atomic mass is 9.99. The number of aromatic nitrogens is 2. The Bertz CT molecular complexity index is 1410. The van der Waals surface area contributed by atoms with Crippen LogP contribution in [0.1, 0.15) is 125 Å². The first-order chi connectivity index (χ1) is 27.5. The molecular formula is C42H71Cl3N8O4. The minimum atomic E-state index is -0.191. The number of rotatable bonds is 20. The van der Waals surface area contributed by atoms with Gasteiger partial charge in [0.1, 0.15) is 21.3 Å². The number of likely N-dealkylation sites (tertiary alicyclic amines) is 2. The third-order valence-electron chi connectivity index (χ3n) is 10.7. The zero-order valence-electron chi connectivity index (χ0n) is 34.9. The number of anilines is 1. The molecule has 2 atom stereocenters. The van der Waals surface area contributed by atoms with Crippen molar-refractivity contribution in [1.82, 2.24) is 30.4 Å². The fourth-order valence-corrected chi connectivity index (χ4v) is 7.39. The van der Waals surface area contributed by atoms with Crippen molar-refractivity contribution in [1.29, 1.82) is 0 Å². The second-order valence-electron chi connectivity index (χ2n) is 15.1. The summed E-state index contributed by atoms with van der Waals surface area (Å²) in [5.74, 6) is 1.30. The fraction of sp³-hybridized carbons (Fsp3) is 0.714. The second-order valence-corrected chi connectivity index (χ2v) is 16.3. The zero-order valence-corrected chi connectivity index (χ0v) is 37.2. The Morgan fingerprint density at radius 1 is 0.737 bits per heavy atom. The van der Waals surface area contributed by atoms with E-state index >= 15 is 0 Å². The van der Waals surface area contributed by atoms with Gasteiger partial charge in [0.25, 0.3) is 11.8 Å². The van der Waals surface area contributed by atoms with Crippen LogP contribution in [0.2, 0.25) is 15.5 Å². The van der Waals surface area contributed by atoms with E-state index in [2.05, 4.69) is 63.4 Å². The molecule has 0 aliphatic carbocycles. The Morgan fingerprint density at radius 3 is 1.65 bits per heavy atom. The van der Waals surface area contributed by atoms with E-state index < -0.39 is 0 Å². The van der Waals surface area contributed by atoms with Crippen molar-refractivity contribution in [2.45, 2.75) is 117 Å². The lowest BCUT2D eigenvalue weighted by molar-refractivity contribution is 0.0937. The first kappa shape index (κ1) is 50.9. The molecule has 2 saturated heterocycles. The van der Waals surface area contributed by atoms with Crippen LogP contribution in [0.3, 0.4) is 0 Å². The van der Waals surface area contributed by atoms with Gasteiger partial charge in [-0.3, -0.25) is 9.59 Å². The summed E-state index contributed by atoms with van der Waals surface area (Å²) in [4.78, 5) is 37.5. The van der Waals surface area contributed by atoms with Gasteiger partial charge in [-0.1, -0.05) is 101 Å². The minimum Gasteiger partial charge on any atom is -0.395 e. The van der Waals surface area contributed by atoms with Gasteiger partial charge in [0.2, 0.25) is 0 Å². The highest BCUT2D eigenvalue weighted by atomic mass is 35.5. The van der Waals surface area contributed by atoms with Gasteiger partial charge >= 0.3 is 0 Å². The number of aliphatic hydroxyl groups excluding tert-OH is 2. The number of nitrogens with two attached hydrogens (primary N) is 1. The highest BCUT2D eigenvalue weighted by Crippen LogP contribution is 2.22. The highest BCUT2D eigenvalue weighted by molar-refractivity contribution is 6.34. The van der Waals surface area contributed by atoms with Gasteiger partial charge in [-0.25, -0.2) is 9.97 Å². The maximum absolute atomic E-state index is 12.8. The van der Waals surface area contributed by atoms with Crippen LogP contribution in [0.5, 0.6) is 0 Å². The molecule has 0 radical (unpaired) electrons. The number of hydrogen-bond donors (Lipinski definition) is 6. The first-order valence-electron chi connectivity index (χ1n) is 21.2. The maximum Gasteiger partial charge on any atom is 0.255 e. The number of nitrogens with zero attached hydrogens (tertiary/aromatic N) is 4. The van der Waals surface area contributed by atoms with Gasteiger partial charge in [-0.15, -0.1) is 0 Å². The Morgan fingerprint density at radius 2 is 1.19 bits per heavy atom. The van der Waals surface area contributed by atoms with E-state index in [4.69, 9.17) is 50.7 Å². The van der Waals surface area contributed by atoms with Gasteiger partial charge < -0.3 is 41.7 Å². The second kappa shape index (κ2) is 29.8. The van der Waals surface area contributed by atoms with Crippen molar-refractivity contribution < 1.29 is 19.8 Å². The molecule has 2 aliphatic heterocycles. The van der Waals surface area contributed by atoms with Crippen molar-refractivity contribution in [3.05, 3.63) is 50.9 Å². The summed E-state index contributed by atoms with van der Waals surface area (Å²) in [5.41, 5.74) is 6.62. The van der Waals surface area contributed by atoms with Crippen molar-refractivity contribution in [2.24, 2.45) is 17.6 Å². The summed E-state index contributed by atoms with van der Waals surface area (Å²) in [5, 5.41) is 27.9. The van der Waals surface area contributed by atoms with Gasteiger partial charge in [0, 0.05) is 51.4 Å². The molecule has 15 heteroatoms. The lowest BCUT2D eigenvalue weighted by Gasteiger charge is -2.32. The molecule has 0 aromatic carbocycles. The summed E-state index contributed by atoms with van der Waals surface area (Å²) in [6, 6.07) is 7.23. The van der Waals surface area contributed by atoms with Crippen LogP contribution in [0.25, 0.3) is 0 Å². The third kappa shape index (κ3) is 20.5. The van der Waals surface area contributed by atoms with E-state index in [1.54, 1.807) is 24.3 Å². The summed E-state index contributed by atoms with van der Waals surface area (Å²) in [6.07, 6.45) is 13.2. The summed E-state index contributed by atoms with van der Waals surface area (Å²) in [7, 11) is 0. The Kier molecular flexibility index (Phi) is 26.6. The summed E-state index contributed by atoms with van der Waals surface area (Å²) < 4.78 is 0. The number of aliphatic hydroxyl groups is 2. The van der Waals surface area contributed by atoms with E-state index in [-0.39, 0.29) is 41.4 Å². The predicted molar refractivity (Wildman–Crippen MR) is 236 cm³/mol. The van der Waals surface area contributed by atoms with Crippen LogP contribution in [0.4, 0.5) is 5.82 Å². The molecule has 7 N–H and O–H groups in total. The summed E-state index contributed by atoms with van der Waals surface area (Å²) >= 11 is 17.7. The molecule has 0 saturated carbocycles. The van der Waals surface area contributed by atoms with Gasteiger partial charge in [0.15, 0.2) is 0 Å². The topological polar surface area (TPSA) is 169 Å². The third-order valence-corrected chi connectivity index (χ3v) is 11.5. The van der Waals surface area contributed by atoms with Crippen molar-refractivity contribution in [3.63, 3.8) is 0 Å². The van der Waals surface area contributed by atoms with E-state index in [1.807, 2.05) is 0 Å². The number of carbonyl (C=O) groups excluding carboxylic acids is 2. The number of unbranched alkanes of at least 4 members (excludes halogenated alkanes) is 2. The molecule has 2 unspecified atom stereocenters. The van der Waals surface area contributed by atoms with Crippen molar-refractivity contribution >= 4 is 52.4 Å². The Labute approximate surface area is 357 Å². The van der Waals surface area contributed by atoms with Crippen molar-refractivity contribution in [2.75, 3.05) is 70.9 Å². The molecule has 4 heterocycles. The lowest BCUT2D eigenvalue weighted by Crippen LogP contribution is -2.40. The molecule has 57 heavy (non-hydrogen) atoms. The molecule has 324 valence electrons. The molecule has 2 aromatic rings. The number of pyridine rings is 2. The summed E-state index contributed by atoms with van der Waals surface area (Å²) in [6.45, 7) is 16.0. The van der Waals surface area contributed by atoms with Crippen LogP contribution >= 0.6 is 34.8 Å². The average Bonchev–Trinajstić information content (AvgIpc) is 3.20. The predicted octanol–water partition coefficient (Wildman–Crippen LogP) is 7.29. The van der Waals surface area contributed by atoms with E-state index in [0.717, 1.165) is 84.1 Å². The maximum atomic E-state index is 12.8. The molecular weight excluding hydrogens is 787 g/mol. The number of hydrogen-bond acceptors (Lipinski definition) is 10.